The van der Waals surface area contributed by atoms with Crippen LogP contribution in [0.4, 0.5) is 0 Å². The first kappa shape index (κ1) is 7.56. The molecule has 64 valence electrons. The molecule has 0 aromatic rings. The van der Waals surface area contributed by atoms with Gasteiger partial charge in [0.05, 0.1) is 0 Å². The highest BCUT2D eigenvalue weighted by molar-refractivity contribution is 4.92. The molecule has 11 heavy (non-hydrogen) atoms. The Morgan fingerprint density at radius 1 is 1.27 bits per heavy atom. The van der Waals surface area contributed by atoms with Gasteiger partial charge in [0.15, 0.2) is 0 Å². The lowest BCUT2D eigenvalue weighted by molar-refractivity contribution is 0.138. The number of piperazine rings is 1. The first-order valence-corrected chi connectivity index (χ1v) is 4.76. The SMILES string of the molecule is C[C@@H]1CN(C2CC2)[C@@H](C)CN1. The average molecular weight is 154 g/mol. The third-order valence-corrected chi connectivity index (χ3v) is 2.83. The predicted molar refractivity (Wildman–Crippen MR) is 46.7 cm³/mol. The molecule has 2 heteroatoms. The number of nitrogens with one attached hydrogen (secondary N) is 1. The van der Waals surface area contributed by atoms with E-state index in [9.17, 15) is 0 Å². The van der Waals surface area contributed by atoms with Crippen molar-refractivity contribution in [1.29, 1.82) is 0 Å². The van der Waals surface area contributed by atoms with Crippen molar-refractivity contribution < 1.29 is 0 Å². The minimum atomic E-state index is 0.701. The Morgan fingerprint density at radius 3 is 2.64 bits per heavy atom. The van der Waals surface area contributed by atoms with Gasteiger partial charge in [-0.3, -0.25) is 4.90 Å². The highest BCUT2D eigenvalue weighted by atomic mass is 15.3. The molecule has 0 spiro atoms. The zero-order chi connectivity index (χ0) is 7.84. The van der Waals surface area contributed by atoms with Crippen LogP contribution in [-0.2, 0) is 0 Å². The summed E-state index contributed by atoms with van der Waals surface area (Å²) < 4.78 is 0. The van der Waals surface area contributed by atoms with Gasteiger partial charge in [-0.05, 0) is 26.7 Å². The highest BCUT2D eigenvalue weighted by Crippen LogP contribution is 2.29. The fourth-order valence-corrected chi connectivity index (χ4v) is 1.96. The van der Waals surface area contributed by atoms with Crippen molar-refractivity contribution in [1.82, 2.24) is 10.2 Å². The van der Waals surface area contributed by atoms with Crippen LogP contribution in [0, 0.1) is 0 Å². The van der Waals surface area contributed by atoms with Crippen LogP contribution in [0.3, 0.4) is 0 Å². The van der Waals surface area contributed by atoms with Crippen LogP contribution in [0.15, 0.2) is 0 Å². The summed E-state index contributed by atoms with van der Waals surface area (Å²) in [5.74, 6) is 0. The standard InChI is InChI=1S/C9H18N2/c1-7-6-11(9-3-4-9)8(2)5-10-7/h7-10H,3-6H2,1-2H3/t7-,8+/m1/s1. The van der Waals surface area contributed by atoms with E-state index in [0.29, 0.717) is 6.04 Å². The zero-order valence-electron chi connectivity index (χ0n) is 7.51. The minimum absolute atomic E-state index is 0.701. The summed E-state index contributed by atoms with van der Waals surface area (Å²) in [6.07, 6.45) is 2.88. The molecule has 2 rings (SSSR count). The van der Waals surface area contributed by atoms with Crippen molar-refractivity contribution in [3.05, 3.63) is 0 Å². The van der Waals surface area contributed by atoms with E-state index in [4.69, 9.17) is 0 Å². The molecule has 0 unspecified atom stereocenters. The van der Waals surface area contributed by atoms with Crippen molar-refractivity contribution in [3.63, 3.8) is 0 Å². The smallest absolute Gasteiger partial charge is 0.0196 e. The summed E-state index contributed by atoms with van der Waals surface area (Å²) in [7, 11) is 0. The van der Waals surface area contributed by atoms with E-state index in [-0.39, 0.29) is 0 Å². The lowest BCUT2D eigenvalue weighted by atomic mass is 10.1. The van der Waals surface area contributed by atoms with Crippen molar-refractivity contribution >= 4 is 0 Å². The molecule has 0 bridgehead atoms. The molecule has 1 heterocycles. The molecule has 0 radical (unpaired) electrons. The maximum absolute atomic E-state index is 3.50. The summed E-state index contributed by atoms with van der Waals surface area (Å²) in [4.78, 5) is 2.67. The molecule has 2 fully saturated rings. The quantitative estimate of drug-likeness (QED) is 0.602. The molecule has 0 amide bonds. The van der Waals surface area contributed by atoms with Gasteiger partial charge in [-0.2, -0.15) is 0 Å². The van der Waals surface area contributed by atoms with Crippen molar-refractivity contribution in [2.75, 3.05) is 13.1 Å². The molecule has 1 aliphatic carbocycles. The number of hydrogen-bond acceptors (Lipinski definition) is 2. The topological polar surface area (TPSA) is 15.3 Å². The summed E-state index contributed by atoms with van der Waals surface area (Å²) in [6, 6.07) is 2.40. The second-order valence-electron chi connectivity index (χ2n) is 4.09. The van der Waals surface area contributed by atoms with Crippen molar-refractivity contribution in [3.8, 4) is 0 Å². The third kappa shape index (κ3) is 1.57. The first-order chi connectivity index (χ1) is 5.27. The van der Waals surface area contributed by atoms with Crippen LogP contribution in [0.2, 0.25) is 0 Å². The zero-order valence-corrected chi connectivity index (χ0v) is 7.51. The van der Waals surface area contributed by atoms with Gasteiger partial charge in [0.1, 0.15) is 0 Å². The largest absolute Gasteiger partial charge is 0.311 e. The predicted octanol–water partition coefficient (Wildman–Crippen LogP) is 0.831. The minimum Gasteiger partial charge on any atom is -0.311 e. The fourth-order valence-electron chi connectivity index (χ4n) is 1.96. The molecule has 2 nitrogen and oxygen atoms in total. The Bertz CT molecular complexity index is 142. The number of nitrogens with zero attached hydrogens (tertiary/aromatic N) is 1. The second-order valence-corrected chi connectivity index (χ2v) is 4.09. The second kappa shape index (κ2) is 2.76. The summed E-state index contributed by atoms with van der Waals surface area (Å²) in [5, 5.41) is 3.50. The van der Waals surface area contributed by atoms with Crippen LogP contribution < -0.4 is 5.32 Å². The third-order valence-electron chi connectivity index (χ3n) is 2.83. The van der Waals surface area contributed by atoms with Gasteiger partial charge in [-0.1, -0.05) is 0 Å². The number of rotatable bonds is 1. The van der Waals surface area contributed by atoms with Crippen LogP contribution in [0.25, 0.3) is 0 Å². The Kier molecular flexibility index (Phi) is 1.90. The lowest BCUT2D eigenvalue weighted by Crippen LogP contribution is -2.54. The summed E-state index contributed by atoms with van der Waals surface area (Å²) in [5.41, 5.74) is 0. The maximum atomic E-state index is 3.50. The molecule has 2 aliphatic rings. The Morgan fingerprint density at radius 2 is 2.00 bits per heavy atom. The van der Waals surface area contributed by atoms with Gasteiger partial charge in [-0.15, -0.1) is 0 Å². The molecule has 2 atom stereocenters. The van der Waals surface area contributed by atoms with E-state index in [0.717, 1.165) is 12.1 Å². The van der Waals surface area contributed by atoms with E-state index in [1.807, 2.05) is 0 Å². The lowest BCUT2D eigenvalue weighted by Gasteiger charge is -2.37. The van der Waals surface area contributed by atoms with Gasteiger partial charge in [-0.25, -0.2) is 0 Å². The highest BCUT2D eigenvalue weighted by Gasteiger charge is 2.34. The molecule has 1 saturated carbocycles. The summed E-state index contributed by atoms with van der Waals surface area (Å²) >= 11 is 0. The van der Waals surface area contributed by atoms with Gasteiger partial charge in [0.25, 0.3) is 0 Å². The van der Waals surface area contributed by atoms with E-state index >= 15 is 0 Å². The molecular weight excluding hydrogens is 136 g/mol. The monoisotopic (exact) mass is 154 g/mol. The molecule has 0 aromatic heterocycles. The Labute approximate surface area is 69.0 Å². The Balaban J connectivity index is 1.93. The average Bonchev–Trinajstić information content (AvgIpc) is 2.76. The van der Waals surface area contributed by atoms with Gasteiger partial charge in [0.2, 0.25) is 0 Å². The van der Waals surface area contributed by atoms with Gasteiger partial charge >= 0.3 is 0 Å². The van der Waals surface area contributed by atoms with E-state index in [1.165, 1.54) is 25.9 Å². The van der Waals surface area contributed by atoms with Crippen LogP contribution in [-0.4, -0.2) is 36.1 Å². The van der Waals surface area contributed by atoms with E-state index < -0.39 is 0 Å². The van der Waals surface area contributed by atoms with Crippen molar-refractivity contribution in [2.45, 2.75) is 44.8 Å². The fraction of sp³-hybridized carbons (Fsp3) is 1.00. The molecule has 1 saturated heterocycles. The van der Waals surface area contributed by atoms with Crippen LogP contribution in [0.1, 0.15) is 26.7 Å². The normalized spacial score (nSPS) is 40.9. The van der Waals surface area contributed by atoms with E-state index in [2.05, 4.69) is 24.1 Å². The number of hydrogen-bond donors (Lipinski definition) is 1. The van der Waals surface area contributed by atoms with Crippen molar-refractivity contribution in [2.24, 2.45) is 0 Å². The van der Waals surface area contributed by atoms with Crippen LogP contribution in [0.5, 0.6) is 0 Å². The van der Waals surface area contributed by atoms with Crippen LogP contribution >= 0.6 is 0 Å². The molecule has 1 N–H and O–H groups in total. The van der Waals surface area contributed by atoms with Gasteiger partial charge < -0.3 is 5.32 Å². The molecular formula is C9H18N2. The molecule has 1 aliphatic heterocycles. The molecule has 0 aromatic carbocycles. The summed E-state index contributed by atoms with van der Waals surface area (Å²) in [6.45, 7) is 7.04. The maximum Gasteiger partial charge on any atom is 0.0196 e. The Hall–Kier alpha value is -0.0800. The van der Waals surface area contributed by atoms with Gasteiger partial charge in [0, 0.05) is 31.2 Å². The van der Waals surface area contributed by atoms with E-state index in [1.54, 1.807) is 0 Å². The first-order valence-electron chi connectivity index (χ1n) is 4.76.